The van der Waals surface area contributed by atoms with Gasteiger partial charge in [0.1, 0.15) is 6.23 Å². The maximum atomic E-state index is 6.02. The quantitative estimate of drug-likeness (QED) is 0.640. The molecule has 3 fully saturated rings. The zero-order valence-corrected chi connectivity index (χ0v) is 9.04. The maximum absolute atomic E-state index is 6.02. The molecule has 80 valence electrons. The van der Waals surface area contributed by atoms with Crippen molar-refractivity contribution in [3.8, 4) is 0 Å². The van der Waals surface area contributed by atoms with Crippen LogP contribution in [-0.2, 0) is 4.74 Å². The molecule has 2 saturated carbocycles. The summed E-state index contributed by atoms with van der Waals surface area (Å²) in [5.41, 5.74) is 0. The Kier molecular flexibility index (Phi) is 2.29. The molecule has 0 amide bonds. The predicted octanol–water partition coefficient (Wildman–Crippen LogP) is 2.29. The van der Waals surface area contributed by atoms with Crippen LogP contribution in [0.4, 0.5) is 0 Å². The summed E-state index contributed by atoms with van der Waals surface area (Å²) in [5, 5.41) is 3.57. The second kappa shape index (κ2) is 3.49. The molecule has 1 aliphatic heterocycles. The number of fused-ring (bicyclic) bond motifs is 3. The van der Waals surface area contributed by atoms with Crippen molar-refractivity contribution in [1.29, 1.82) is 0 Å². The van der Waals surface area contributed by atoms with Gasteiger partial charge in [-0.1, -0.05) is 19.3 Å². The molecule has 0 radical (unpaired) electrons. The van der Waals surface area contributed by atoms with Crippen LogP contribution in [0, 0.1) is 11.8 Å². The van der Waals surface area contributed by atoms with Gasteiger partial charge in [-0.05, 0) is 38.0 Å². The molecule has 0 aromatic carbocycles. The Morgan fingerprint density at radius 1 is 1.07 bits per heavy atom. The highest BCUT2D eigenvalue weighted by Gasteiger charge is 2.45. The number of nitrogens with one attached hydrogen (secondary N) is 1. The molecule has 0 aromatic rings. The lowest BCUT2D eigenvalue weighted by molar-refractivity contribution is -0.0347. The highest BCUT2D eigenvalue weighted by Crippen LogP contribution is 2.43. The van der Waals surface area contributed by atoms with Crippen LogP contribution < -0.4 is 5.32 Å². The van der Waals surface area contributed by atoms with Crippen molar-refractivity contribution in [2.45, 2.75) is 63.8 Å². The van der Waals surface area contributed by atoms with Crippen LogP contribution in [0.25, 0.3) is 0 Å². The summed E-state index contributed by atoms with van der Waals surface area (Å²) in [4.78, 5) is 0. The van der Waals surface area contributed by atoms with Crippen molar-refractivity contribution in [2.24, 2.45) is 11.8 Å². The predicted molar refractivity (Wildman–Crippen MR) is 55.9 cm³/mol. The fourth-order valence-electron chi connectivity index (χ4n) is 3.83. The average Bonchev–Trinajstić information content (AvgIpc) is 2.59. The lowest BCUT2D eigenvalue weighted by Gasteiger charge is -2.41. The molecule has 1 heterocycles. The third kappa shape index (κ3) is 1.40. The first-order valence-electron chi connectivity index (χ1n) is 6.26. The Balaban J connectivity index is 1.76. The summed E-state index contributed by atoms with van der Waals surface area (Å²) >= 11 is 0. The van der Waals surface area contributed by atoms with Gasteiger partial charge in [0, 0.05) is 6.04 Å². The second-order valence-corrected chi connectivity index (χ2v) is 5.30. The minimum Gasteiger partial charge on any atom is -0.359 e. The molecule has 0 bridgehead atoms. The van der Waals surface area contributed by atoms with Gasteiger partial charge >= 0.3 is 0 Å². The van der Waals surface area contributed by atoms with Gasteiger partial charge in [0.05, 0.1) is 6.10 Å². The first-order chi connectivity index (χ1) is 6.84. The fourth-order valence-corrected chi connectivity index (χ4v) is 3.83. The number of hydrogen-bond acceptors (Lipinski definition) is 2. The summed E-state index contributed by atoms with van der Waals surface area (Å²) in [7, 11) is 0. The molecule has 1 N–H and O–H groups in total. The highest BCUT2D eigenvalue weighted by molar-refractivity contribution is 4.97. The third-order valence-corrected chi connectivity index (χ3v) is 4.44. The molecule has 0 spiro atoms. The number of ether oxygens (including phenoxy) is 1. The standard InChI is InChI=1S/C12H21NO/c1-8-13-11-7-6-9-4-2-3-5-10(9)12(11)14-8/h8-13H,2-7H2,1H3. The van der Waals surface area contributed by atoms with Crippen LogP contribution in [0.2, 0.25) is 0 Å². The van der Waals surface area contributed by atoms with E-state index < -0.39 is 0 Å². The van der Waals surface area contributed by atoms with E-state index >= 15 is 0 Å². The number of rotatable bonds is 0. The van der Waals surface area contributed by atoms with Crippen LogP contribution >= 0.6 is 0 Å². The van der Waals surface area contributed by atoms with E-state index in [-0.39, 0.29) is 0 Å². The van der Waals surface area contributed by atoms with Gasteiger partial charge in [-0.3, -0.25) is 5.32 Å². The van der Waals surface area contributed by atoms with Crippen LogP contribution in [0.1, 0.15) is 45.4 Å². The minimum absolute atomic E-state index is 0.297. The van der Waals surface area contributed by atoms with Crippen molar-refractivity contribution in [2.75, 3.05) is 0 Å². The first-order valence-corrected chi connectivity index (χ1v) is 6.26. The Morgan fingerprint density at radius 2 is 1.93 bits per heavy atom. The second-order valence-electron chi connectivity index (χ2n) is 5.30. The summed E-state index contributed by atoms with van der Waals surface area (Å²) in [6.45, 7) is 2.15. The van der Waals surface area contributed by atoms with E-state index in [9.17, 15) is 0 Å². The monoisotopic (exact) mass is 195 g/mol. The van der Waals surface area contributed by atoms with E-state index in [2.05, 4.69) is 12.2 Å². The van der Waals surface area contributed by atoms with Gasteiger partial charge in [-0.15, -0.1) is 0 Å². The molecule has 3 aliphatic rings. The van der Waals surface area contributed by atoms with E-state index in [1.54, 1.807) is 0 Å². The molecule has 2 heteroatoms. The molecule has 1 saturated heterocycles. The molecule has 2 aliphatic carbocycles. The van der Waals surface area contributed by atoms with Crippen LogP contribution in [-0.4, -0.2) is 18.4 Å². The fraction of sp³-hybridized carbons (Fsp3) is 1.00. The Bertz CT molecular complexity index is 212. The van der Waals surface area contributed by atoms with E-state index in [0.717, 1.165) is 11.8 Å². The largest absolute Gasteiger partial charge is 0.359 e. The smallest absolute Gasteiger partial charge is 0.106 e. The van der Waals surface area contributed by atoms with Gasteiger partial charge in [0.2, 0.25) is 0 Å². The minimum atomic E-state index is 0.297. The van der Waals surface area contributed by atoms with E-state index in [0.29, 0.717) is 18.4 Å². The summed E-state index contributed by atoms with van der Waals surface area (Å²) in [6.07, 6.45) is 9.40. The molecule has 2 nitrogen and oxygen atoms in total. The Hall–Kier alpha value is -0.0800. The Morgan fingerprint density at radius 3 is 2.86 bits per heavy atom. The normalized spacial score (nSPS) is 52.5. The Labute approximate surface area is 86.4 Å². The number of hydrogen-bond donors (Lipinski definition) is 1. The van der Waals surface area contributed by atoms with Crippen LogP contribution in [0.15, 0.2) is 0 Å². The molecule has 3 rings (SSSR count). The van der Waals surface area contributed by atoms with Crippen molar-refractivity contribution < 1.29 is 4.74 Å². The van der Waals surface area contributed by atoms with Crippen molar-refractivity contribution in [1.82, 2.24) is 5.32 Å². The zero-order chi connectivity index (χ0) is 9.54. The van der Waals surface area contributed by atoms with Gasteiger partial charge < -0.3 is 4.74 Å². The summed E-state index contributed by atoms with van der Waals surface area (Å²) < 4.78 is 6.02. The third-order valence-electron chi connectivity index (χ3n) is 4.44. The van der Waals surface area contributed by atoms with E-state index in [1.165, 1.54) is 38.5 Å². The average molecular weight is 195 g/mol. The SMILES string of the molecule is CC1NC2CCC3CCCCC3C2O1. The van der Waals surface area contributed by atoms with Crippen molar-refractivity contribution in [3.63, 3.8) is 0 Å². The zero-order valence-electron chi connectivity index (χ0n) is 9.04. The summed E-state index contributed by atoms with van der Waals surface area (Å²) in [6, 6.07) is 0.671. The van der Waals surface area contributed by atoms with Crippen molar-refractivity contribution >= 4 is 0 Å². The lowest BCUT2D eigenvalue weighted by atomic mass is 9.68. The molecule has 5 unspecified atom stereocenters. The molecular formula is C12H21NO. The van der Waals surface area contributed by atoms with Crippen molar-refractivity contribution in [3.05, 3.63) is 0 Å². The highest BCUT2D eigenvalue weighted by atomic mass is 16.5. The summed E-state index contributed by atoms with van der Waals surface area (Å²) in [5.74, 6) is 1.86. The van der Waals surface area contributed by atoms with Gasteiger partial charge in [0.15, 0.2) is 0 Å². The van der Waals surface area contributed by atoms with Crippen LogP contribution in [0.5, 0.6) is 0 Å². The molecular weight excluding hydrogens is 174 g/mol. The van der Waals surface area contributed by atoms with Gasteiger partial charge in [-0.2, -0.15) is 0 Å². The maximum Gasteiger partial charge on any atom is 0.106 e. The lowest BCUT2D eigenvalue weighted by Crippen LogP contribution is -2.45. The van der Waals surface area contributed by atoms with E-state index in [4.69, 9.17) is 4.74 Å². The van der Waals surface area contributed by atoms with Crippen LogP contribution in [0.3, 0.4) is 0 Å². The molecule has 5 atom stereocenters. The molecule has 14 heavy (non-hydrogen) atoms. The van der Waals surface area contributed by atoms with Gasteiger partial charge in [-0.25, -0.2) is 0 Å². The van der Waals surface area contributed by atoms with Gasteiger partial charge in [0.25, 0.3) is 0 Å². The topological polar surface area (TPSA) is 21.3 Å². The molecule has 0 aromatic heterocycles. The first kappa shape index (κ1) is 9.17. The van der Waals surface area contributed by atoms with E-state index in [1.807, 2.05) is 0 Å².